The molecule has 0 aliphatic carbocycles. The fourth-order valence-corrected chi connectivity index (χ4v) is 2.55. The summed E-state index contributed by atoms with van der Waals surface area (Å²) in [4.78, 5) is 0.0650. The highest BCUT2D eigenvalue weighted by Crippen LogP contribution is 2.09. The molecule has 0 fully saturated rings. The zero-order valence-electron chi connectivity index (χ0n) is 11.5. The Labute approximate surface area is 119 Å². The molecule has 114 valence electrons. The molecule has 1 aromatic carbocycles. The quantitative estimate of drug-likeness (QED) is 0.666. The largest absolute Gasteiger partial charge is 0.382 e. The summed E-state index contributed by atoms with van der Waals surface area (Å²) in [7, 11) is -1.95. The van der Waals surface area contributed by atoms with E-state index in [4.69, 9.17) is 9.47 Å². The topological polar surface area (TPSA) is 64.6 Å². The maximum Gasteiger partial charge on any atom is 0.240 e. The third-order valence-electron chi connectivity index (χ3n) is 2.56. The first-order valence-corrected chi connectivity index (χ1v) is 7.86. The van der Waals surface area contributed by atoms with Crippen LogP contribution in [0.3, 0.4) is 0 Å². The minimum atomic E-state index is -3.56. The molecule has 0 atom stereocenters. The van der Waals surface area contributed by atoms with Crippen molar-refractivity contribution in [3.05, 3.63) is 30.1 Å². The van der Waals surface area contributed by atoms with Crippen LogP contribution in [0, 0.1) is 5.82 Å². The second-order valence-electron chi connectivity index (χ2n) is 4.16. The maximum absolute atomic E-state index is 12.7. The van der Waals surface area contributed by atoms with Gasteiger partial charge >= 0.3 is 0 Å². The maximum atomic E-state index is 12.7. The van der Waals surface area contributed by atoms with Gasteiger partial charge in [0.1, 0.15) is 5.82 Å². The third kappa shape index (κ3) is 6.42. The van der Waals surface area contributed by atoms with Crippen LogP contribution in [-0.4, -0.2) is 41.9 Å². The average molecular weight is 305 g/mol. The zero-order chi connectivity index (χ0) is 14.8. The van der Waals surface area contributed by atoms with Gasteiger partial charge in [-0.25, -0.2) is 17.5 Å². The second kappa shape index (κ2) is 9.02. The highest BCUT2D eigenvalue weighted by molar-refractivity contribution is 7.89. The summed E-state index contributed by atoms with van der Waals surface area (Å²) in [6, 6.07) is 4.73. The van der Waals surface area contributed by atoms with Gasteiger partial charge in [0.2, 0.25) is 10.0 Å². The molecule has 1 aromatic rings. The Hall–Kier alpha value is -1.02. The number of halogens is 1. The van der Waals surface area contributed by atoms with E-state index in [0.29, 0.717) is 32.8 Å². The van der Waals surface area contributed by atoms with Gasteiger partial charge in [-0.05, 0) is 37.1 Å². The lowest BCUT2D eigenvalue weighted by atomic mass is 10.3. The van der Waals surface area contributed by atoms with Gasteiger partial charge in [0.25, 0.3) is 0 Å². The Balaban J connectivity index is 2.22. The molecule has 5 nitrogen and oxygen atoms in total. The molecule has 0 heterocycles. The number of unbranched alkanes of at least 4 members (excludes halogenated alkanes) is 1. The van der Waals surface area contributed by atoms with E-state index in [1.165, 1.54) is 12.1 Å². The van der Waals surface area contributed by atoms with Gasteiger partial charge in [0.15, 0.2) is 0 Å². The lowest BCUT2D eigenvalue weighted by Crippen LogP contribution is -2.25. The van der Waals surface area contributed by atoms with Crippen LogP contribution >= 0.6 is 0 Å². The van der Waals surface area contributed by atoms with E-state index in [9.17, 15) is 12.8 Å². The fraction of sp³-hybridized carbons (Fsp3) is 0.538. The number of sulfonamides is 1. The van der Waals surface area contributed by atoms with Crippen molar-refractivity contribution < 1.29 is 22.3 Å². The molecule has 0 aliphatic heterocycles. The highest BCUT2D eigenvalue weighted by Gasteiger charge is 2.12. The average Bonchev–Trinajstić information content (AvgIpc) is 2.42. The molecule has 1 N–H and O–H groups in total. The van der Waals surface area contributed by atoms with Crippen molar-refractivity contribution in [1.29, 1.82) is 0 Å². The molecular weight excluding hydrogens is 285 g/mol. The molecule has 0 amide bonds. The van der Waals surface area contributed by atoms with Crippen LogP contribution in [0.25, 0.3) is 0 Å². The fourth-order valence-electron chi connectivity index (χ4n) is 1.48. The van der Waals surface area contributed by atoms with Gasteiger partial charge < -0.3 is 9.47 Å². The third-order valence-corrected chi connectivity index (χ3v) is 4.04. The van der Waals surface area contributed by atoms with Crippen molar-refractivity contribution in [3.63, 3.8) is 0 Å². The molecule has 0 aromatic heterocycles. The summed E-state index contributed by atoms with van der Waals surface area (Å²) >= 11 is 0. The molecule has 1 rings (SSSR count). The van der Waals surface area contributed by atoms with E-state index < -0.39 is 15.8 Å². The lowest BCUT2D eigenvalue weighted by molar-refractivity contribution is 0.0689. The van der Waals surface area contributed by atoms with Crippen LogP contribution in [0.1, 0.15) is 12.8 Å². The van der Waals surface area contributed by atoms with Gasteiger partial charge in [0, 0.05) is 20.3 Å². The van der Waals surface area contributed by atoms with Crippen LogP contribution < -0.4 is 4.72 Å². The first-order valence-electron chi connectivity index (χ1n) is 6.38. The minimum Gasteiger partial charge on any atom is -0.382 e. The second-order valence-corrected chi connectivity index (χ2v) is 5.93. The van der Waals surface area contributed by atoms with E-state index in [1.807, 2.05) is 0 Å². The van der Waals surface area contributed by atoms with Crippen molar-refractivity contribution in [2.75, 3.05) is 33.5 Å². The SMILES string of the molecule is COCCOCCCCNS(=O)(=O)c1ccc(F)cc1. The summed E-state index contributed by atoms with van der Waals surface area (Å²) in [6.45, 7) is 1.99. The first kappa shape index (κ1) is 17.0. The molecule has 0 aliphatic rings. The summed E-state index contributed by atoms with van der Waals surface area (Å²) in [5.41, 5.74) is 0. The van der Waals surface area contributed by atoms with Gasteiger partial charge in [-0.3, -0.25) is 0 Å². The summed E-state index contributed by atoms with van der Waals surface area (Å²) in [6.07, 6.45) is 1.43. The molecule has 0 unspecified atom stereocenters. The Bertz CT molecular complexity index is 476. The van der Waals surface area contributed by atoms with E-state index >= 15 is 0 Å². The Morgan fingerprint density at radius 1 is 1.10 bits per heavy atom. The Morgan fingerprint density at radius 3 is 2.45 bits per heavy atom. The van der Waals surface area contributed by atoms with Crippen molar-refractivity contribution in [3.8, 4) is 0 Å². The monoisotopic (exact) mass is 305 g/mol. The molecule has 7 heteroatoms. The van der Waals surface area contributed by atoms with Crippen molar-refractivity contribution >= 4 is 10.0 Å². The number of benzene rings is 1. The Morgan fingerprint density at radius 2 is 1.80 bits per heavy atom. The molecule has 0 saturated carbocycles. The molecule has 20 heavy (non-hydrogen) atoms. The normalized spacial score (nSPS) is 11.7. The van der Waals surface area contributed by atoms with Crippen LogP contribution in [0.4, 0.5) is 4.39 Å². The van der Waals surface area contributed by atoms with Crippen LogP contribution in [0.15, 0.2) is 29.2 Å². The van der Waals surface area contributed by atoms with Crippen LogP contribution in [0.2, 0.25) is 0 Å². The van der Waals surface area contributed by atoms with Crippen molar-refractivity contribution in [2.24, 2.45) is 0 Å². The summed E-state index contributed by atoms with van der Waals surface area (Å²) in [5.74, 6) is -0.461. The highest BCUT2D eigenvalue weighted by atomic mass is 32.2. The Kier molecular flexibility index (Phi) is 7.68. The number of nitrogens with one attached hydrogen (secondary N) is 1. The van der Waals surface area contributed by atoms with E-state index in [0.717, 1.165) is 18.6 Å². The van der Waals surface area contributed by atoms with Crippen molar-refractivity contribution in [2.45, 2.75) is 17.7 Å². The van der Waals surface area contributed by atoms with E-state index in [2.05, 4.69) is 4.72 Å². The van der Waals surface area contributed by atoms with E-state index in [1.54, 1.807) is 7.11 Å². The number of hydrogen-bond donors (Lipinski definition) is 1. The number of rotatable bonds is 10. The van der Waals surface area contributed by atoms with Crippen LogP contribution in [0.5, 0.6) is 0 Å². The van der Waals surface area contributed by atoms with Crippen molar-refractivity contribution in [1.82, 2.24) is 4.72 Å². The minimum absolute atomic E-state index is 0.0650. The molecule has 0 bridgehead atoms. The van der Waals surface area contributed by atoms with Crippen LogP contribution in [-0.2, 0) is 19.5 Å². The smallest absolute Gasteiger partial charge is 0.240 e. The van der Waals surface area contributed by atoms with Gasteiger partial charge in [0.05, 0.1) is 18.1 Å². The summed E-state index contributed by atoms with van der Waals surface area (Å²) in [5, 5.41) is 0. The number of hydrogen-bond acceptors (Lipinski definition) is 4. The van der Waals surface area contributed by atoms with Gasteiger partial charge in [-0.15, -0.1) is 0 Å². The zero-order valence-corrected chi connectivity index (χ0v) is 12.3. The summed E-state index contributed by atoms with van der Waals surface area (Å²) < 4.78 is 48.9. The predicted molar refractivity (Wildman–Crippen MR) is 73.5 cm³/mol. The molecule has 0 spiro atoms. The van der Waals surface area contributed by atoms with Gasteiger partial charge in [-0.2, -0.15) is 0 Å². The number of methoxy groups -OCH3 is 1. The first-order chi connectivity index (χ1) is 9.56. The number of ether oxygens (including phenoxy) is 2. The molecule has 0 saturated heterocycles. The molecule has 0 radical (unpaired) electrons. The predicted octanol–water partition coefficient (Wildman–Crippen LogP) is 1.55. The van der Waals surface area contributed by atoms with Gasteiger partial charge in [-0.1, -0.05) is 0 Å². The van der Waals surface area contributed by atoms with E-state index in [-0.39, 0.29) is 4.90 Å². The molecular formula is C13H20FNO4S. The lowest BCUT2D eigenvalue weighted by Gasteiger charge is -2.07. The standard InChI is InChI=1S/C13H20FNO4S/c1-18-10-11-19-9-3-2-8-15-20(16,17)13-6-4-12(14)5-7-13/h4-7,15H,2-3,8-11H2,1H3.